The standard InChI is InChI=1S/C23H28N4O3S2/c1-26-22(13-21(25-26)16-5-7-19(30-2)8-6-16)20-15-27-10-9-17(20)12-18(27)14-24-32(28,29)23-4-3-11-31-23/h3-8,11,13,17-18,20,24H,9-10,12,14-15H2,1-2H3. The van der Waals surface area contributed by atoms with Gasteiger partial charge in [0.25, 0.3) is 0 Å². The second kappa shape index (κ2) is 8.62. The van der Waals surface area contributed by atoms with Crippen LogP contribution in [-0.4, -0.2) is 55.9 Å². The molecular weight excluding hydrogens is 444 g/mol. The summed E-state index contributed by atoms with van der Waals surface area (Å²) in [6.45, 7) is 2.43. The zero-order valence-electron chi connectivity index (χ0n) is 18.3. The third kappa shape index (κ3) is 4.10. The SMILES string of the molecule is COc1ccc(-c2cc(C3CN4CCC3CC4CNS(=O)(=O)c3cccs3)n(C)n2)cc1. The molecule has 2 aromatic heterocycles. The molecule has 0 spiro atoms. The number of hydrogen-bond donors (Lipinski definition) is 1. The zero-order valence-corrected chi connectivity index (χ0v) is 19.9. The summed E-state index contributed by atoms with van der Waals surface area (Å²) in [4.78, 5) is 2.45. The maximum Gasteiger partial charge on any atom is 0.250 e. The van der Waals surface area contributed by atoms with Crippen LogP contribution in [-0.2, 0) is 17.1 Å². The minimum atomic E-state index is -3.42. The van der Waals surface area contributed by atoms with E-state index in [0.717, 1.165) is 42.9 Å². The molecular formula is C23H28N4O3S2. The molecule has 3 aliphatic rings. The van der Waals surface area contributed by atoms with Crippen molar-refractivity contribution in [1.82, 2.24) is 19.4 Å². The summed E-state index contributed by atoms with van der Waals surface area (Å²) >= 11 is 1.25. The topological polar surface area (TPSA) is 76.5 Å². The van der Waals surface area contributed by atoms with Gasteiger partial charge in [0.05, 0.1) is 12.8 Å². The number of aryl methyl sites for hydroxylation is 1. The van der Waals surface area contributed by atoms with E-state index in [-0.39, 0.29) is 6.04 Å². The fraction of sp³-hybridized carbons (Fsp3) is 0.435. The highest BCUT2D eigenvalue weighted by Crippen LogP contribution is 2.42. The number of hydrogen-bond acceptors (Lipinski definition) is 6. The maximum atomic E-state index is 12.5. The summed E-state index contributed by atoms with van der Waals surface area (Å²) in [5, 5.41) is 6.57. The lowest BCUT2D eigenvalue weighted by Gasteiger charge is -2.49. The Morgan fingerprint density at radius 1 is 1.25 bits per heavy atom. The van der Waals surface area contributed by atoms with Crippen LogP contribution in [0.1, 0.15) is 24.5 Å². The van der Waals surface area contributed by atoms with Crippen molar-refractivity contribution in [1.29, 1.82) is 0 Å². The Kier molecular flexibility index (Phi) is 5.83. The Bertz CT molecular complexity index is 1170. The largest absolute Gasteiger partial charge is 0.497 e. The second-order valence-electron chi connectivity index (χ2n) is 8.63. The van der Waals surface area contributed by atoms with Crippen LogP contribution < -0.4 is 9.46 Å². The fourth-order valence-electron chi connectivity index (χ4n) is 5.11. The normalized spacial score (nSPS) is 25.2. The molecule has 9 heteroatoms. The maximum absolute atomic E-state index is 12.5. The molecule has 0 radical (unpaired) electrons. The third-order valence-electron chi connectivity index (χ3n) is 6.83. The number of rotatable bonds is 7. The van der Waals surface area contributed by atoms with E-state index in [9.17, 15) is 8.42 Å². The molecule has 3 fully saturated rings. The predicted octanol–water partition coefficient (Wildman–Crippen LogP) is 3.31. The van der Waals surface area contributed by atoms with Crippen LogP contribution in [0.15, 0.2) is 52.1 Å². The van der Waals surface area contributed by atoms with Gasteiger partial charge in [0, 0.05) is 43.4 Å². The van der Waals surface area contributed by atoms with Crippen molar-refractivity contribution in [2.75, 3.05) is 26.7 Å². The minimum absolute atomic E-state index is 0.244. The number of piperidine rings is 3. The molecule has 0 saturated carbocycles. The number of sulfonamides is 1. The lowest BCUT2D eigenvalue weighted by molar-refractivity contribution is 0.0306. The van der Waals surface area contributed by atoms with Gasteiger partial charge < -0.3 is 4.74 Å². The van der Waals surface area contributed by atoms with E-state index in [1.165, 1.54) is 17.0 Å². The average Bonchev–Trinajstić information content (AvgIpc) is 3.49. The van der Waals surface area contributed by atoms with E-state index in [1.54, 1.807) is 24.6 Å². The van der Waals surface area contributed by atoms with Gasteiger partial charge >= 0.3 is 0 Å². The van der Waals surface area contributed by atoms with Gasteiger partial charge in [0.1, 0.15) is 9.96 Å². The van der Waals surface area contributed by atoms with Gasteiger partial charge in [-0.1, -0.05) is 6.07 Å². The summed E-state index contributed by atoms with van der Waals surface area (Å²) < 4.78 is 35.5. The first-order chi connectivity index (χ1) is 15.4. The van der Waals surface area contributed by atoms with Gasteiger partial charge in [0.2, 0.25) is 10.0 Å². The van der Waals surface area contributed by atoms with Crippen molar-refractivity contribution in [3.63, 3.8) is 0 Å². The number of ether oxygens (including phenoxy) is 1. The van der Waals surface area contributed by atoms with E-state index in [4.69, 9.17) is 9.84 Å². The number of thiophene rings is 1. The Labute approximate surface area is 193 Å². The second-order valence-corrected chi connectivity index (χ2v) is 11.6. The van der Waals surface area contributed by atoms with Crippen LogP contribution in [0.3, 0.4) is 0 Å². The predicted molar refractivity (Wildman–Crippen MR) is 126 cm³/mol. The number of nitrogens with zero attached hydrogens (tertiary/aromatic N) is 3. The molecule has 4 atom stereocenters. The number of methoxy groups -OCH3 is 1. The lowest BCUT2D eigenvalue weighted by atomic mass is 9.74. The highest BCUT2D eigenvalue weighted by atomic mass is 32.2. The highest BCUT2D eigenvalue weighted by Gasteiger charge is 2.42. The molecule has 0 amide bonds. The summed E-state index contributed by atoms with van der Waals surface area (Å²) in [6.07, 6.45) is 2.14. The third-order valence-corrected chi connectivity index (χ3v) is 9.65. The van der Waals surface area contributed by atoms with E-state index >= 15 is 0 Å². The summed E-state index contributed by atoms with van der Waals surface area (Å²) in [5.74, 6) is 1.79. The molecule has 3 aromatic rings. The molecule has 3 aliphatic heterocycles. The Morgan fingerprint density at radius 2 is 2.06 bits per heavy atom. The molecule has 2 bridgehead atoms. The van der Waals surface area contributed by atoms with Gasteiger partial charge in [-0.15, -0.1) is 11.3 Å². The molecule has 1 N–H and O–H groups in total. The molecule has 3 saturated heterocycles. The van der Waals surface area contributed by atoms with Crippen LogP contribution in [0.5, 0.6) is 5.75 Å². The number of benzene rings is 1. The van der Waals surface area contributed by atoms with Crippen LogP contribution in [0.2, 0.25) is 0 Å². The molecule has 6 rings (SSSR count). The molecule has 5 heterocycles. The van der Waals surface area contributed by atoms with E-state index in [1.807, 2.05) is 36.0 Å². The molecule has 4 unspecified atom stereocenters. The van der Waals surface area contributed by atoms with Crippen molar-refractivity contribution in [2.45, 2.75) is 29.0 Å². The van der Waals surface area contributed by atoms with Crippen molar-refractivity contribution in [3.05, 3.63) is 53.5 Å². The number of aromatic nitrogens is 2. The van der Waals surface area contributed by atoms with E-state index in [0.29, 0.717) is 22.6 Å². The summed E-state index contributed by atoms with van der Waals surface area (Å²) in [6, 6.07) is 13.9. The van der Waals surface area contributed by atoms with Gasteiger partial charge in [0.15, 0.2) is 0 Å². The van der Waals surface area contributed by atoms with Gasteiger partial charge in [-0.05, 0) is 67.1 Å². The van der Waals surface area contributed by atoms with Crippen LogP contribution in [0.25, 0.3) is 11.3 Å². The van der Waals surface area contributed by atoms with Crippen LogP contribution in [0.4, 0.5) is 0 Å². The zero-order chi connectivity index (χ0) is 22.3. The van der Waals surface area contributed by atoms with E-state index in [2.05, 4.69) is 15.7 Å². The number of nitrogens with one attached hydrogen (secondary N) is 1. The molecule has 0 aliphatic carbocycles. The summed E-state index contributed by atoms with van der Waals surface area (Å²) in [5.41, 5.74) is 3.31. The van der Waals surface area contributed by atoms with Crippen molar-refractivity contribution in [3.8, 4) is 17.0 Å². The highest BCUT2D eigenvalue weighted by molar-refractivity contribution is 7.91. The van der Waals surface area contributed by atoms with Crippen molar-refractivity contribution in [2.24, 2.45) is 13.0 Å². The van der Waals surface area contributed by atoms with Crippen LogP contribution >= 0.6 is 11.3 Å². The molecule has 32 heavy (non-hydrogen) atoms. The lowest BCUT2D eigenvalue weighted by Crippen LogP contribution is -2.56. The van der Waals surface area contributed by atoms with E-state index < -0.39 is 10.0 Å². The first-order valence-corrected chi connectivity index (χ1v) is 13.3. The molecule has 1 aromatic carbocycles. The van der Waals surface area contributed by atoms with Gasteiger partial charge in [-0.3, -0.25) is 9.58 Å². The Morgan fingerprint density at radius 3 is 2.72 bits per heavy atom. The fourth-order valence-corrected chi connectivity index (χ4v) is 7.22. The molecule has 170 valence electrons. The quantitative estimate of drug-likeness (QED) is 0.571. The summed E-state index contributed by atoms with van der Waals surface area (Å²) in [7, 11) is 0.270. The van der Waals surface area contributed by atoms with Gasteiger partial charge in [-0.2, -0.15) is 5.10 Å². The Balaban J connectivity index is 1.28. The number of fused-ring (bicyclic) bond motifs is 3. The van der Waals surface area contributed by atoms with Crippen molar-refractivity contribution < 1.29 is 13.2 Å². The monoisotopic (exact) mass is 472 g/mol. The minimum Gasteiger partial charge on any atom is -0.497 e. The van der Waals surface area contributed by atoms with Crippen LogP contribution in [0, 0.1) is 5.92 Å². The molecule has 7 nitrogen and oxygen atoms in total. The van der Waals surface area contributed by atoms with Crippen molar-refractivity contribution >= 4 is 21.4 Å². The van der Waals surface area contributed by atoms with Gasteiger partial charge in [-0.25, -0.2) is 13.1 Å². The smallest absolute Gasteiger partial charge is 0.250 e. The first kappa shape index (κ1) is 21.6. The Hall–Kier alpha value is -2.20. The average molecular weight is 473 g/mol. The first-order valence-electron chi connectivity index (χ1n) is 10.9.